The van der Waals surface area contributed by atoms with Crippen LogP contribution < -0.4 is 0 Å². The normalized spacial score (nSPS) is 35.8. The number of hydrogen-bond donors (Lipinski definition) is 0. The summed E-state index contributed by atoms with van der Waals surface area (Å²) >= 11 is 5.43. The molecule has 1 fully saturated rings. The Labute approximate surface area is 75.1 Å². The fraction of sp³-hybridized carbons (Fsp3) is 1.00. The van der Waals surface area contributed by atoms with Gasteiger partial charge in [-0.25, -0.2) is 0 Å². The third kappa shape index (κ3) is 1.22. The molecule has 0 saturated heterocycles. The van der Waals surface area contributed by atoms with Gasteiger partial charge in [0.15, 0.2) is 0 Å². The van der Waals surface area contributed by atoms with E-state index in [1.165, 1.54) is 0 Å². The van der Waals surface area contributed by atoms with Crippen LogP contribution in [0.5, 0.6) is 0 Å². The van der Waals surface area contributed by atoms with E-state index in [0.29, 0.717) is 0 Å². The van der Waals surface area contributed by atoms with Crippen molar-refractivity contribution in [2.75, 3.05) is 5.88 Å². The third-order valence-corrected chi connectivity index (χ3v) is 3.27. The van der Waals surface area contributed by atoms with Gasteiger partial charge in [0.05, 0.1) is 5.41 Å². The van der Waals surface area contributed by atoms with Gasteiger partial charge in [0, 0.05) is 5.88 Å². The predicted molar refractivity (Wildman–Crippen MR) is 42.2 cm³/mol. The molecule has 4 heteroatoms. The lowest BCUT2D eigenvalue weighted by Gasteiger charge is -2.24. The second-order valence-corrected chi connectivity index (χ2v) is 4.06. The van der Waals surface area contributed by atoms with Gasteiger partial charge in [-0.2, -0.15) is 13.2 Å². The van der Waals surface area contributed by atoms with Gasteiger partial charge in [-0.15, -0.1) is 11.6 Å². The summed E-state index contributed by atoms with van der Waals surface area (Å²) in [4.78, 5) is 0. The average molecular weight is 201 g/mol. The van der Waals surface area contributed by atoms with E-state index in [9.17, 15) is 13.2 Å². The van der Waals surface area contributed by atoms with Gasteiger partial charge >= 0.3 is 6.18 Å². The highest BCUT2D eigenvalue weighted by Gasteiger charge is 2.71. The largest absolute Gasteiger partial charge is 0.395 e. The van der Waals surface area contributed by atoms with Gasteiger partial charge in [0.25, 0.3) is 0 Å². The van der Waals surface area contributed by atoms with Crippen LogP contribution in [0.2, 0.25) is 0 Å². The topological polar surface area (TPSA) is 0 Å². The minimum atomic E-state index is -4.08. The first-order valence-corrected chi connectivity index (χ1v) is 4.52. The molecule has 0 spiro atoms. The van der Waals surface area contributed by atoms with Crippen LogP contribution in [0.15, 0.2) is 0 Å². The molecule has 2 atom stereocenters. The van der Waals surface area contributed by atoms with E-state index in [1.807, 2.05) is 0 Å². The lowest BCUT2D eigenvalue weighted by Crippen LogP contribution is -2.32. The van der Waals surface area contributed by atoms with Crippen LogP contribution in [0.4, 0.5) is 13.2 Å². The van der Waals surface area contributed by atoms with Gasteiger partial charge in [-0.3, -0.25) is 0 Å². The summed E-state index contributed by atoms with van der Waals surface area (Å²) < 4.78 is 37.6. The van der Waals surface area contributed by atoms with Gasteiger partial charge in [0.1, 0.15) is 0 Å². The molecule has 1 rings (SSSR count). The molecule has 1 aliphatic rings. The van der Waals surface area contributed by atoms with E-state index >= 15 is 0 Å². The summed E-state index contributed by atoms with van der Waals surface area (Å²) in [5.74, 6) is -0.599. The third-order valence-electron chi connectivity index (χ3n) is 2.90. The number of hydrogen-bond acceptors (Lipinski definition) is 0. The number of halogens is 4. The lowest BCUT2D eigenvalue weighted by molar-refractivity contribution is -0.203. The maximum Gasteiger partial charge on any atom is 0.395 e. The van der Waals surface area contributed by atoms with E-state index in [4.69, 9.17) is 11.6 Å². The minimum absolute atomic E-state index is 0.123. The average Bonchev–Trinajstić information content (AvgIpc) is 2.59. The van der Waals surface area contributed by atoms with Crippen LogP contribution >= 0.6 is 11.6 Å². The molecule has 0 N–H and O–H groups in total. The predicted octanol–water partition coefficient (Wildman–Crippen LogP) is 3.45. The molecule has 0 aromatic rings. The molecule has 1 aliphatic carbocycles. The Morgan fingerprint density at radius 2 is 2.00 bits per heavy atom. The Morgan fingerprint density at radius 1 is 1.50 bits per heavy atom. The molecule has 12 heavy (non-hydrogen) atoms. The molecule has 0 heterocycles. The van der Waals surface area contributed by atoms with Crippen molar-refractivity contribution in [3.63, 3.8) is 0 Å². The van der Waals surface area contributed by atoms with Crippen molar-refractivity contribution in [3.8, 4) is 0 Å². The summed E-state index contributed by atoms with van der Waals surface area (Å²) in [6.45, 7) is 3.22. The van der Waals surface area contributed by atoms with Crippen LogP contribution in [0.3, 0.4) is 0 Å². The standard InChI is InChI=1S/C8H12ClF3/c1-5(2)7(8(10,11)12)3-6(7)4-9/h5-6H,3-4H2,1-2H3. The van der Waals surface area contributed by atoms with Crippen LogP contribution in [0.25, 0.3) is 0 Å². The van der Waals surface area contributed by atoms with Gasteiger partial charge in [-0.05, 0) is 18.3 Å². The first kappa shape index (κ1) is 10.2. The van der Waals surface area contributed by atoms with E-state index in [2.05, 4.69) is 0 Å². The zero-order valence-corrected chi connectivity index (χ0v) is 7.84. The summed E-state index contributed by atoms with van der Waals surface area (Å²) in [6.07, 6.45) is -3.88. The SMILES string of the molecule is CC(C)C1(C(F)(F)F)CC1CCl. The monoisotopic (exact) mass is 200 g/mol. The van der Waals surface area contributed by atoms with E-state index in [1.54, 1.807) is 13.8 Å². The maximum absolute atomic E-state index is 12.5. The Morgan fingerprint density at radius 3 is 2.08 bits per heavy atom. The highest BCUT2D eigenvalue weighted by molar-refractivity contribution is 6.18. The molecule has 0 aromatic heterocycles. The zero-order valence-electron chi connectivity index (χ0n) is 7.08. The molecular weight excluding hydrogens is 189 g/mol. The molecule has 0 nitrogen and oxygen atoms in total. The summed E-state index contributed by atoms with van der Waals surface area (Å²) in [6, 6.07) is 0. The molecule has 0 radical (unpaired) electrons. The van der Waals surface area contributed by atoms with Gasteiger partial charge in [0.2, 0.25) is 0 Å². The Kier molecular flexibility index (Phi) is 2.36. The zero-order chi connectivity index (χ0) is 9.57. The van der Waals surface area contributed by atoms with E-state index in [-0.39, 0.29) is 24.1 Å². The Bertz CT molecular complexity index is 176. The summed E-state index contributed by atoms with van der Waals surface area (Å²) in [7, 11) is 0. The second-order valence-electron chi connectivity index (χ2n) is 3.75. The summed E-state index contributed by atoms with van der Waals surface area (Å²) in [5.41, 5.74) is -1.48. The van der Waals surface area contributed by atoms with Crippen LogP contribution in [-0.2, 0) is 0 Å². The van der Waals surface area contributed by atoms with Crippen LogP contribution in [-0.4, -0.2) is 12.1 Å². The fourth-order valence-electron chi connectivity index (χ4n) is 1.92. The van der Waals surface area contributed by atoms with Crippen molar-refractivity contribution < 1.29 is 13.2 Å². The van der Waals surface area contributed by atoms with E-state index < -0.39 is 11.6 Å². The van der Waals surface area contributed by atoms with Crippen LogP contribution in [0.1, 0.15) is 20.3 Å². The van der Waals surface area contributed by atoms with Crippen molar-refractivity contribution in [2.24, 2.45) is 17.3 Å². The molecular formula is C8H12ClF3. The minimum Gasteiger partial charge on any atom is -0.170 e. The quantitative estimate of drug-likeness (QED) is 0.599. The smallest absolute Gasteiger partial charge is 0.170 e. The number of rotatable bonds is 2. The second kappa shape index (κ2) is 2.79. The Hall–Kier alpha value is 0.0800. The number of alkyl halides is 4. The van der Waals surface area contributed by atoms with Crippen molar-refractivity contribution in [1.29, 1.82) is 0 Å². The molecule has 0 bridgehead atoms. The van der Waals surface area contributed by atoms with Crippen molar-refractivity contribution in [1.82, 2.24) is 0 Å². The first-order valence-electron chi connectivity index (χ1n) is 3.99. The molecule has 72 valence electrons. The van der Waals surface area contributed by atoms with Crippen LogP contribution in [0, 0.1) is 17.3 Å². The highest BCUT2D eigenvalue weighted by atomic mass is 35.5. The van der Waals surface area contributed by atoms with Crippen molar-refractivity contribution >= 4 is 11.6 Å². The first-order chi connectivity index (χ1) is 5.36. The van der Waals surface area contributed by atoms with Gasteiger partial charge in [-0.1, -0.05) is 13.8 Å². The van der Waals surface area contributed by atoms with Gasteiger partial charge < -0.3 is 0 Å². The molecule has 0 aromatic carbocycles. The highest BCUT2D eigenvalue weighted by Crippen LogP contribution is 2.66. The Balaban J connectivity index is 2.79. The van der Waals surface area contributed by atoms with Crippen molar-refractivity contribution in [3.05, 3.63) is 0 Å². The van der Waals surface area contributed by atoms with Crippen molar-refractivity contribution in [2.45, 2.75) is 26.4 Å². The maximum atomic E-state index is 12.5. The van der Waals surface area contributed by atoms with E-state index in [0.717, 1.165) is 0 Å². The molecule has 0 amide bonds. The summed E-state index contributed by atoms with van der Waals surface area (Å²) in [5, 5.41) is 0. The molecule has 1 saturated carbocycles. The fourth-order valence-corrected chi connectivity index (χ4v) is 2.31. The molecule has 2 unspecified atom stereocenters. The lowest BCUT2D eigenvalue weighted by atomic mass is 9.89. The molecule has 0 aliphatic heterocycles.